The van der Waals surface area contributed by atoms with Gasteiger partial charge in [0.2, 0.25) is 5.96 Å². The summed E-state index contributed by atoms with van der Waals surface area (Å²) in [6.45, 7) is 2.79. The summed E-state index contributed by atoms with van der Waals surface area (Å²) in [7, 11) is 1.64. The minimum absolute atomic E-state index is 0.0257. The van der Waals surface area contributed by atoms with E-state index in [1.807, 2.05) is 30.5 Å². The average molecular weight is 446 g/mol. The fraction of sp³-hybridized carbons (Fsp3) is 0.391. The van der Waals surface area contributed by atoms with Crippen molar-refractivity contribution in [1.29, 1.82) is 10.5 Å². The molecule has 1 aromatic heterocycles. The predicted molar refractivity (Wildman–Crippen MR) is 126 cm³/mol. The van der Waals surface area contributed by atoms with Gasteiger partial charge in [0, 0.05) is 12.1 Å². The smallest absolute Gasteiger partial charge is 0.211 e. The molecule has 10 heteroatoms. The molecule has 0 amide bonds. The Kier molecular flexibility index (Phi) is 6.48. The molecule has 10 nitrogen and oxygen atoms in total. The third-order valence-corrected chi connectivity index (χ3v) is 6.09. The van der Waals surface area contributed by atoms with Crippen LogP contribution in [0.25, 0.3) is 0 Å². The summed E-state index contributed by atoms with van der Waals surface area (Å²) in [5.41, 5.74) is 15.2. The number of guanidine groups is 1. The van der Waals surface area contributed by atoms with Gasteiger partial charge in [-0.2, -0.15) is 10.5 Å². The molecular weight excluding hydrogens is 418 g/mol. The molecule has 2 aromatic rings. The van der Waals surface area contributed by atoms with Gasteiger partial charge in [-0.1, -0.05) is 18.9 Å². The van der Waals surface area contributed by atoms with E-state index >= 15 is 0 Å². The van der Waals surface area contributed by atoms with E-state index in [9.17, 15) is 5.26 Å². The van der Waals surface area contributed by atoms with Crippen LogP contribution in [0.1, 0.15) is 54.0 Å². The van der Waals surface area contributed by atoms with Gasteiger partial charge in [-0.3, -0.25) is 10.2 Å². The number of pyridine rings is 1. The number of hydrogen-bond donors (Lipinski definition) is 4. The number of aliphatic imine (C=N–C) groups is 1. The monoisotopic (exact) mass is 445 g/mol. The van der Waals surface area contributed by atoms with Crippen molar-refractivity contribution in [1.82, 2.24) is 15.2 Å². The number of nitrogens with one attached hydrogen (secondary N) is 2. The molecule has 1 aromatic carbocycles. The lowest BCUT2D eigenvalue weighted by atomic mass is 9.91. The summed E-state index contributed by atoms with van der Waals surface area (Å²) in [5.74, 6) is 1.39. The van der Waals surface area contributed by atoms with E-state index in [1.54, 1.807) is 7.11 Å². The van der Waals surface area contributed by atoms with Gasteiger partial charge in [0.05, 0.1) is 12.8 Å². The Hall–Kier alpha value is -4.02. The molecule has 2 aliphatic rings. The summed E-state index contributed by atoms with van der Waals surface area (Å²) < 4.78 is 5.50. The van der Waals surface area contributed by atoms with Gasteiger partial charge < -0.3 is 21.5 Å². The van der Waals surface area contributed by atoms with Crippen LogP contribution in [0.3, 0.4) is 0 Å². The van der Waals surface area contributed by atoms with Gasteiger partial charge in [-0.05, 0) is 49.2 Å². The molecule has 33 heavy (non-hydrogen) atoms. The highest BCUT2D eigenvalue weighted by Gasteiger charge is 2.31. The van der Waals surface area contributed by atoms with Crippen LogP contribution in [0.15, 0.2) is 23.2 Å². The van der Waals surface area contributed by atoms with Crippen LogP contribution < -0.4 is 26.8 Å². The number of fused-ring (bicyclic) bond motifs is 1. The molecule has 1 unspecified atom stereocenters. The minimum atomic E-state index is -0.579. The largest absolute Gasteiger partial charge is 0.497 e. The van der Waals surface area contributed by atoms with Crippen molar-refractivity contribution in [2.75, 3.05) is 37.0 Å². The van der Waals surface area contributed by atoms with Crippen molar-refractivity contribution in [2.45, 2.75) is 38.3 Å². The zero-order chi connectivity index (χ0) is 23.4. The molecular formula is C23H27N9O. The third kappa shape index (κ3) is 4.47. The van der Waals surface area contributed by atoms with E-state index < -0.39 is 6.04 Å². The normalized spacial score (nSPS) is 18.0. The highest BCUT2D eigenvalue weighted by atomic mass is 16.5. The van der Waals surface area contributed by atoms with Crippen LogP contribution in [-0.4, -0.2) is 36.0 Å². The zero-order valence-electron chi connectivity index (χ0n) is 18.6. The number of aromatic nitrogens is 1. The van der Waals surface area contributed by atoms with Gasteiger partial charge in [0.1, 0.15) is 35.1 Å². The molecule has 1 fully saturated rings. The first-order chi connectivity index (χ1) is 16.0. The second kappa shape index (κ2) is 9.63. The summed E-state index contributed by atoms with van der Waals surface area (Å²) in [6.07, 6.45) is 6.72. The van der Waals surface area contributed by atoms with Crippen molar-refractivity contribution in [3.8, 4) is 18.0 Å². The maximum atomic E-state index is 9.57. The van der Waals surface area contributed by atoms with Crippen LogP contribution >= 0.6 is 0 Å². The minimum Gasteiger partial charge on any atom is -0.497 e. The van der Waals surface area contributed by atoms with E-state index in [0.29, 0.717) is 11.4 Å². The number of nitrogen functional groups attached to an aromatic ring is 2. The van der Waals surface area contributed by atoms with Crippen LogP contribution in [0.2, 0.25) is 0 Å². The molecule has 3 heterocycles. The predicted octanol–water partition coefficient (Wildman–Crippen LogP) is 2.44. The third-order valence-electron chi connectivity index (χ3n) is 6.09. The van der Waals surface area contributed by atoms with E-state index in [4.69, 9.17) is 26.5 Å². The van der Waals surface area contributed by atoms with Crippen LogP contribution in [0.4, 0.5) is 17.3 Å². The van der Waals surface area contributed by atoms with E-state index in [1.165, 1.54) is 25.7 Å². The first-order valence-corrected chi connectivity index (χ1v) is 10.9. The molecule has 0 aliphatic carbocycles. The Morgan fingerprint density at radius 3 is 2.64 bits per heavy atom. The lowest BCUT2D eigenvalue weighted by molar-refractivity contribution is 0.275. The standard InChI is InChI=1S/C23H27N9O/c1-33-15-6-7-16(14(10-15)12-32-8-4-2-3-5-9-32)20-18-19(26)17(11-24)21(27)30-22(18)31-23(29-20)28-13-25/h6-7,10,20H,2-5,8-9,12H2,1H3,(H6,26,27,28,29,30,31). The summed E-state index contributed by atoms with van der Waals surface area (Å²) in [5, 5.41) is 24.2. The topological polar surface area (TPSA) is 161 Å². The maximum Gasteiger partial charge on any atom is 0.211 e. The molecule has 4 rings (SSSR count). The number of benzene rings is 1. The second-order valence-corrected chi connectivity index (χ2v) is 8.16. The Morgan fingerprint density at radius 2 is 1.97 bits per heavy atom. The number of likely N-dealkylation sites (tertiary alicyclic amines) is 1. The highest BCUT2D eigenvalue weighted by Crippen LogP contribution is 2.42. The van der Waals surface area contributed by atoms with Crippen molar-refractivity contribution in [2.24, 2.45) is 4.99 Å². The van der Waals surface area contributed by atoms with Crippen molar-refractivity contribution >= 4 is 23.3 Å². The Balaban J connectivity index is 1.85. The van der Waals surface area contributed by atoms with Crippen LogP contribution in [-0.2, 0) is 6.54 Å². The number of nitrogens with zero attached hydrogens (tertiary/aromatic N) is 5. The molecule has 0 bridgehead atoms. The lowest BCUT2D eigenvalue weighted by Gasteiger charge is -2.29. The van der Waals surface area contributed by atoms with Gasteiger partial charge >= 0.3 is 0 Å². The molecule has 2 aliphatic heterocycles. The SMILES string of the molecule is COc1ccc(C2N=C(NC#N)Nc3nc(N)c(C#N)c(N)c32)c(CN2CCCCCC2)c1. The fourth-order valence-corrected chi connectivity index (χ4v) is 4.45. The number of rotatable bonds is 4. The van der Waals surface area contributed by atoms with Crippen LogP contribution in [0, 0.1) is 22.8 Å². The van der Waals surface area contributed by atoms with E-state index in [2.05, 4.69) is 20.5 Å². The molecule has 0 spiro atoms. The van der Waals surface area contributed by atoms with Gasteiger partial charge in [-0.25, -0.2) is 9.98 Å². The van der Waals surface area contributed by atoms with Crippen molar-refractivity contribution in [3.05, 3.63) is 40.5 Å². The molecule has 170 valence electrons. The quantitative estimate of drug-likeness (QED) is 0.409. The molecule has 0 radical (unpaired) electrons. The van der Waals surface area contributed by atoms with Crippen molar-refractivity contribution in [3.63, 3.8) is 0 Å². The zero-order valence-corrected chi connectivity index (χ0v) is 18.6. The molecule has 6 N–H and O–H groups in total. The fourth-order valence-electron chi connectivity index (χ4n) is 4.45. The second-order valence-electron chi connectivity index (χ2n) is 8.16. The lowest BCUT2D eigenvalue weighted by Crippen LogP contribution is -2.33. The van der Waals surface area contributed by atoms with Gasteiger partial charge in [0.25, 0.3) is 0 Å². The van der Waals surface area contributed by atoms with E-state index in [-0.39, 0.29) is 23.0 Å². The van der Waals surface area contributed by atoms with E-state index in [0.717, 1.165) is 36.5 Å². The average Bonchev–Trinajstić information content (AvgIpc) is 3.07. The highest BCUT2D eigenvalue weighted by molar-refractivity contribution is 5.98. The number of methoxy groups -OCH3 is 1. The first kappa shape index (κ1) is 22.2. The summed E-state index contributed by atoms with van der Waals surface area (Å²) in [4.78, 5) is 11.5. The van der Waals surface area contributed by atoms with Gasteiger partial charge in [0.15, 0.2) is 6.19 Å². The Labute approximate surface area is 192 Å². The summed E-state index contributed by atoms with van der Waals surface area (Å²) in [6, 6.07) is 7.32. The number of anilines is 3. The number of ether oxygens (including phenoxy) is 1. The number of nitrogens with two attached hydrogens (primary N) is 2. The molecule has 0 saturated carbocycles. The van der Waals surface area contributed by atoms with Crippen molar-refractivity contribution < 1.29 is 4.74 Å². The van der Waals surface area contributed by atoms with Crippen LogP contribution in [0.5, 0.6) is 5.75 Å². The molecule has 1 saturated heterocycles. The Morgan fingerprint density at radius 1 is 1.21 bits per heavy atom. The molecule has 1 atom stereocenters. The number of hydrogen-bond acceptors (Lipinski definition) is 10. The maximum absolute atomic E-state index is 9.57. The number of nitriles is 2. The summed E-state index contributed by atoms with van der Waals surface area (Å²) >= 11 is 0. The Bertz CT molecular complexity index is 1150. The van der Waals surface area contributed by atoms with Gasteiger partial charge in [-0.15, -0.1) is 0 Å². The first-order valence-electron chi connectivity index (χ1n) is 10.9.